The number of rotatable bonds is 2. The van der Waals surface area contributed by atoms with Gasteiger partial charge in [0.1, 0.15) is 11.9 Å². The average molecular weight is 423 g/mol. The topological polar surface area (TPSA) is 38.8 Å². The van der Waals surface area contributed by atoms with Crippen LogP contribution in [0.4, 0.5) is 0 Å². The van der Waals surface area contributed by atoms with Gasteiger partial charge >= 0.3 is 0 Å². The van der Waals surface area contributed by atoms with E-state index >= 15 is 0 Å². The summed E-state index contributed by atoms with van der Waals surface area (Å²) in [7, 11) is 0. The molecule has 2 aliphatic rings. The second-order valence-electron chi connectivity index (χ2n) is 6.26. The fourth-order valence-electron chi connectivity index (χ4n) is 3.29. The molecule has 2 aromatic rings. The molecule has 0 spiro atoms. The number of ether oxygens (including phenoxy) is 2. The molecule has 0 aliphatic carbocycles. The minimum Gasteiger partial charge on any atom is -0.480 e. The normalized spacial score (nSPS) is 22.4. The van der Waals surface area contributed by atoms with E-state index in [2.05, 4.69) is 15.9 Å². The van der Waals surface area contributed by atoms with Crippen molar-refractivity contribution in [2.24, 2.45) is 0 Å². The van der Waals surface area contributed by atoms with Gasteiger partial charge in [-0.25, -0.2) is 0 Å². The van der Waals surface area contributed by atoms with Crippen LogP contribution in [0.3, 0.4) is 0 Å². The molecule has 2 aromatic carbocycles. The molecule has 0 aromatic heterocycles. The van der Waals surface area contributed by atoms with E-state index in [0.29, 0.717) is 31.1 Å². The molecule has 1 fully saturated rings. The Morgan fingerprint density at radius 3 is 2.80 bits per heavy atom. The van der Waals surface area contributed by atoms with E-state index in [1.165, 1.54) is 0 Å². The second-order valence-corrected chi connectivity index (χ2v) is 7.61. The van der Waals surface area contributed by atoms with Crippen LogP contribution in [-0.2, 0) is 16.0 Å². The Morgan fingerprint density at radius 2 is 2.00 bits per heavy atom. The fourth-order valence-corrected chi connectivity index (χ4v) is 3.75. The highest BCUT2D eigenvalue weighted by molar-refractivity contribution is 9.10. The molecule has 2 aliphatic heterocycles. The quantitative estimate of drug-likeness (QED) is 0.734. The summed E-state index contributed by atoms with van der Waals surface area (Å²) >= 11 is 9.46. The van der Waals surface area contributed by atoms with Gasteiger partial charge in [0.05, 0.1) is 13.2 Å². The van der Waals surface area contributed by atoms with Crippen LogP contribution in [0, 0.1) is 0 Å². The highest BCUT2D eigenvalue weighted by Gasteiger charge is 2.35. The molecule has 2 heterocycles. The molecule has 4 nitrogen and oxygen atoms in total. The van der Waals surface area contributed by atoms with Crippen molar-refractivity contribution in [3.63, 3.8) is 0 Å². The largest absolute Gasteiger partial charge is 0.480 e. The minimum absolute atomic E-state index is 0.0118. The predicted molar refractivity (Wildman–Crippen MR) is 99.0 cm³/mol. The van der Waals surface area contributed by atoms with E-state index in [-0.39, 0.29) is 12.0 Å². The monoisotopic (exact) mass is 421 g/mol. The first-order chi connectivity index (χ1) is 12.1. The van der Waals surface area contributed by atoms with Gasteiger partial charge in [0, 0.05) is 22.5 Å². The summed E-state index contributed by atoms with van der Waals surface area (Å²) < 4.78 is 12.7. The predicted octanol–water partition coefficient (Wildman–Crippen LogP) is 4.01. The van der Waals surface area contributed by atoms with Gasteiger partial charge in [0.25, 0.3) is 5.91 Å². The van der Waals surface area contributed by atoms with Gasteiger partial charge in [-0.3, -0.25) is 4.79 Å². The number of benzene rings is 2. The summed E-state index contributed by atoms with van der Waals surface area (Å²) in [6, 6.07) is 13.5. The van der Waals surface area contributed by atoms with Crippen molar-refractivity contribution in [3.8, 4) is 5.75 Å². The molecule has 0 N–H and O–H groups in total. The number of carbonyl (C=O) groups excluding carboxylic acids is 1. The lowest BCUT2D eigenvalue weighted by Crippen LogP contribution is -2.47. The fraction of sp³-hybridized carbons (Fsp3) is 0.316. The van der Waals surface area contributed by atoms with Crippen LogP contribution < -0.4 is 4.74 Å². The Bertz CT molecular complexity index is 796. The van der Waals surface area contributed by atoms with Crippen molar-refractivity contribution in [1.82, 2.24) is 4.90 Å². The van der Waals surface area contributed by atoms with E-state index < -0.39 is 6.10 Å². The Morgan fingerprint density at radius 1 is 1.20 bits per heavy atom. The molecular formula is C19H17BrClNO3. The second kappa shape index (κ2) is 6.98. The van der Waals surface area contributed by atoms with Crippen molar-refractivity contribution >= 4 is 33.4 Å². The van der Waals surface area contributed by atoms with Crippen LogP contribution in [0.2, 0.25) is 5.02 Å². The average Bonchev–Trinajstić information content (AvgIpc) is 3.05. The Labute approximate surface area is 159 Å². The summed E-state index contributed by atoms with van der Waals surface area (Å²) in [5.41, 5.74) is 2.06. The van der Waals surface area contributed by atoms with Gasteiger partial charge in [-0.1, -0.05) is 39.7 Å². The first-order valence-corrected chi connectivity index (χ1v) is 9.38. The van der Waals surface area contributed by atoms with E-state index in [9.17, 15) is 4.79 Å². The highest BCUT2D eigenvalue weighted by atomic mass is 79.9. The van der Waals surface area contributed by atoms with Gasteiger partial charge in [-0.15, -0.1) is 0 Å². The van der Waals surface area contributed by atoms with Crippen LogP contribution in [0.15, 0.2) is 46.9 Å². The van der Waals surface area contributed by atoms with Crippen molar-refractivity contribution in [2.75, 3.05) is 19.7 Å². The van der Waals surface area contributed by atoms with Crippen LogP contribution in [0.5, 0.6) is 5.75 Å². The molecule has 0 saturated carbocycles. The van der Waals surface area contributed by atoms with E-state index in [0.717, 1.165) is 21.3 Å². The first kappa shape index (κ1) is 16.9. The lowest BCUT2D eigenvalue weighted by Gasteiger charge is -2.34. The zero-order valence-electron chi connectivity index (χ0n) is 13.5. The molecule has 6 heteroatoms. The summed E-state index contributed by atoms with van der Waals surface area (Å²) in [6.07, 6.45) is -0.0177. The lowest BCUT2D eigenvalue weighted by atomic mass is 10.1. The molecule has 1 amide bonds. The molecule has 130 valence electrons. The number of morpholine rings is 1. The third kappa shape index (κ3) is 3.54. The minimum atomic E-state index is -0.475. The zero-order chi connectivity index (χ0) is 17.4. The van der Waals surface area contributed by atoms with Gasteiger partial charge < -0.3 is 14.4 Å². The number of nitrogens with zero attached hydrogens (tertiary/aromatic N) is 1. The molecular weight excluding hydrogens is 406 g/mol. The third-order valence-electron chi connectivity index (χ3n) is 4.59. The number of carbonyl (C=O) groups is 1. The number of hydrogen-bond acceptors (Lipinski definition) is 3. The van der Waals surface area contributed by atoms with E-state index in [1.54, 1.807) is 6.07 Å². The lowest BCUT2D eigenvalue weighted by molar-refractivity contribution is -0.145. The maximum atomic E-state index is 12.9. The molecule has 1 saturated heterocycles. The van der Waals surface area contributed by atoms with Crippen LogP contribution in [-0.4, -0.2) is 36.6 Å². The smallest absolute Gasteiger partial charge is 0.264 e. The molecule has 0 bridgehead atoms. The molecule has 2 atom stereocenters. The van der Waals surface area contributed by atoms with Crippen LogP contribution >= 0.6 is 27.5 Å². The summed E-state index contributed by atoms with van der Waals surface area (Å²) in [5.74, 6) is 0.762. The Hall–Kier alpha value is -1.56. The summed E-state index contributed by atoms with van der Waals surface area (Å²) in [5, 5.41) is 0.664. The van der Waals surface area contributed by atoms with Crippen LogP contribution in [0.1, 0.15) is 17.2 Å². The zero-order valence-corrected chi connectivity index (χ0v) is 15.8. The third-order valence-corrected chi connectivity index (χ3v) is 5.36. The maximum absolute atomic E-state index is 12.9. The Kier molecular flexibility index (Phi) is 4.71. The van der Waals surface area contributed by atoms with Crippen LogP contribution in [0.25, 0.3) is 0 Å². The molecule has 4 rings (SSSR count). The standard InChI is InChI=1S/C19H17BrClNO3/c20-14-3-1-12(2-4-14)18-11-22(7-8-24-18)19(23)17-10-13-9-15(21)5-6-16(13)25-17/h1-6,9,17-18H,7-8,10-11H2. The van der Waals surface area contributed by atoms with Gasteiger partial charge in [-0.05, 0) is 41.5 Å². The van der Waals surface area contributed by atoms with E-state index in [4.69, 9.17) is 21.1 Å². The molecule has 25 heavy (non-hydrogen) atoms. The molecule has 0 radical (unpaired) electrons. The summed E-state index contributed by atoms with van der Waals surface area (Å²) in [6.45, 7) is 1.65. The van der Waals surface area contributed by atoms with Crippen molar-refractivity contribution in [1.29, 1.82) is 0 Å². The van der Waals surface area contributed by atoms with E-state index in [1.807, 2.05) is 41.3 Å². The number of hydrogen-bond donors (Lipinski definition) is 0. The number of amides is 1. The number of halogens is 2. The number of fused-ring (bicyclic) bond motifs is 1. The van der Waals surface area contributed by atoms with Gasteiger partial charge in [0.15, 0.2) is 6.10 Å². The maximum Gasteiger partial charge on any atom is 0.264 e. The SMILES string of the molecule is O=C(C1Cc2cc(Cl)ccc2O1)N1CCOC(c2ccc(Br)cc2)C1. The first-order valence-electron chi connectivity index (χ1n) is 8.21. The Balaban J connectivity index is 1.45. The van der Waals surface area contributed by atoms with Gasteiger partial charge in [-0.2, -0.15) is 0 Å². The highest BCUT2D eigenvalue weighted by Crippen LogP contribution is 2.32. The van der Waals surface area contributed by atoms with Crippen molar-refractivity contribution in [3.05, 3.63) is 63.1 Å². The van der Waals surface area contributed by atoms with Crippen molar-refractivity contribution < 1.29 is 14.3 Å². The van der Waals surface area contributed by atoms with Crippen molar-refractivity contribution in [2.45, 2.75) is 18.6 Å². The molecule has 2 unspecified atom stereocenters. The van der Waals surface area contributed by atoms with Gasteiger partial charge in [0.2, 0.25) is 0 Å². The summed E-state index contributed by atoms with van der Waals surface area (Å²) in [4.78, 5) is 14.7.